The number of benzene rings is 1. The fourth-order valence-electron chi connectivity index (χ4n) is 1.95. The third-order valence-corrected chi connectivity index (χ3v) is 3.41. The van der Waals surface area contributed by atoms with Crippen molar-refractivity contribution in [3.63, 3.8) is 0 Å². The zero-order valence-corrected chi connectivity index (χ0v) is 12.6. The molecule has 0 aliphatic carbocycles. The number of aliphatic hydroxyl groups is 1. The molecule has 0 spiro atoms. The lowest BCUT2D eigenvalue weighted by molar-refractivity contribution is -0.148. The van der Waals surface area contributed by atoms with Crippen molar-refractivity contribution in [1.82, 2.24) is 5.32 Å². The number of anilines is 1. The van der Waals surface area contributed by atoms with Gasteiger partial charge in [0.15, 0.2) is 0 Å². The largest absolute Gasteiger partial charge is 0.466 e. The van der Waals surface area contributed by atoms with Gasteiger partial charge in [0.1, 0.15) is 5.75 Å². The Bertz CT molecular complexity index is 597. The minimum Gasteiger partial charge on any atom is -0.466 e. The minimum atomic E-state index is -1.67. The number of aliphatic hydroxyl groups excluding tert-OH is 1. The lowest BCUT2D eigenvalue weighted by Crippen LogP contribution is -2.62. The van der Waals surface area contributed by atoms with Crippen molar-refractivity contribution in [2.45, 2.75) is 38.8 Å². The zero-order valence-electron chi connectivity index (χ0n) is 12.6. The summed E-state index contributed by atoms with van der Waals surface area (Å²) in [6.07, 6.45) is 0. The van der Waals surface area contributed by atoms with Crippen LogP contribution in [0.4, 0.5) is 5.69 Å². The fraction of sp³-hybridized carbons (Fsp3) is 0.467. The number of carbonyl (C=O) groups excluding carboxylic acids is 2. The average molecular weight is 292 g/mol. The molecule has 1 atom stereocenters. The zero-order chi connectivity index (χ0) is 15.8. The van der Waals surface area contributed by atoms with Gasteiger partial charge in [-0.05, 0) is 45.4 Å². The number of hydrogen-bond donors (Lipinski definition) is 3. The molecule has 1 aromatic rings. The molecule has 0 radical (unpaired) electrons. The molecule has 1 heterocycles. The van der Waals surface area contributed by atoms with Crippen LogP contribution in [0.1, 0.15) is 26.3 Å². The van der Waals surface area contributed by atoms with Gasteiger partial charge >= 0.3 is 0 Å². The first-order chi connectivity index (χ1) is 9.68. The summed E-state index contributed by atoms with van der Waals surface area (Å²) in [5.41, 5.74) is -0.981. The molecule has 6 nitrogen and oxygen atoms in total. The van der Waals surface area contributed by atoms with Gasteiger partial charge in [-0.2, -0.15) is 0 Å². The molecule has 1 aliphatic rings. The maximum absolute atomic E-state index is 12.4. The topological polar surface area (TPSA) is 87.7 Å². The number of aryl methyl sites for hydroxylation is 1. The van der Waals surface area contributed by atoms with Gasteiger partial charge < -0.3 is 20.5 Å². The summed E-state index contributed by atoms with van der Waals surface area (Å²) in [5, 5.41) is 14.5. The second-order valence-electron chi connectivity index (χ2n) is 6.09. The Kier molecular flexibility index (Phi) is 3.67. The molecule has 1 unspecified atom stereocenters. The Morgan fingerprint density at radius 1 is 1.48 bits per heavy atom. The highest BCUT2D eigenvalue weighted by Gasteiger charge is 2.48. The van der Waals surface area contributed by atoms with Crippen LogP contribution in [0.25, 0.3) is 0 Å². The van der Waals surface area contributed by atoms with E-state index in [2.05, 4.69) is 10.6 Å². The molecule has 0 bridgehead atoms. The molecule has 3 N–H and O–H groups in total. The van der Waals surface area contributed by atoms with Crippen molar-refractivity contribution < 1.29 is 19.4 Å². The van der Waals surface area contributed by atoms with Crippen molar-refractivity contribution in [1.29, 1.82) is 0 Å². The summed E-state index contributed by atoms with van der Waals surface area (Å²) < 4.78 is 5.63. The molecule has 1 aliphatic heterocycles. The number of carbonyl (C=O) groups is 2. The van der Waals surface area contributed by atoms with E-state index in [0.717, 1.165) is 5.56 Å². The highest BCUT2D eigenvalue weighted by atomic mass is 16.5. The fourth-order valence-corrected chi connectivity index (χ4v) is 1.95. The van der Waals surface area contributed by atoms with Gasteiger partial charge in [0.05, 0.1) is 17.8 Å². The number of ether oxygens (including phenoxy) is 1. The molecule has 21 heavy (non-hydrogen) atoms. The van der Waals surface area contributed by atoms with Crippen LogP contribution in [-0.2, 0) is 9.59 Å². The molecule has 0 saturated carbocycles. The second kappa shape index (κ2) is 5.04. The summed E-state index contributed by atoms with van der Waals surface area (Å²) in [6.45, 7) is 6.38. The number of fused-ring (bicyclic) bond motifs is 1. The van der Waals surface area contributed by atoms with Gasteiger partial charge in [0, 0.05) is 0 Å². The van der Waals surface area contributed by atoms with Crippen LogP contribution in [0.5, 0.6) is 5.75 Å². The van der Waals surface area contributed by atoms with E-state index in [1.165, 1.54) is 6.92 Å². The van der Waals surface area contributed by atoms with Gasteiger partial charge in [-0.1, -0.05) is 6.07 Å². The van der Waals surface area contributed by atoms with Gasteiger partial charge in [0.2, 0.25) is 0 Å². The number of rotatable bonds is 3. The Morgan fingerprint density at radius 3 is 2.76 bits per heavy atom. The molecule has 2 amide bonds. The van der Waals surface area contributed by atoms with Crippen LogP contribution in [0.2, 0.25) is 0 Å². The van der Waals surface area contributed by atoms with E-state index >= 15 is 0 Å². The van der Waals surface area contributed by atoms with Crippen molar-refractivity contribution in [3.05, 3.63) is 23.8 Å². The van der Waals surface area contributed by atoms with E-state index in [1.807, 2.05) is 13.0 Å². The molecule has 0 fully saturated rings. The molecular formula is C15H20N2O4. The normalized spacial score (nSPS) is 21.1. The number of nitrogens with one attached hydrogen (secondary N) is 2. The molecule has 0 saturated heterocycles. The van der Waals surface area contributed by atoms with Crippen LogP contribution in [0.3, 0.4) is 0 Å². The maximum Gasteiger partial charge on any atom is 0.278 e. The lowest BCUT2D eigenvalue weighted by atomic mass is 9.98. The molecule has 6 heteroatoms. The quantitative estimate of drug-likeness (QED) is 0.724. The van der Waals surface area contributed by atoms with Crippen molar-refractivity contribution in [2.24, 2.45) is 0 Å². The van der Waals surface area contributed by atoms with Crippen LogP contribution in [0.15, 0.2) is 18.2 Å². The third-order valence-electron chi connectivity index (χ3n) is 3.41. The predicted molar refractivity (Wildman–Crippen MR) is 78.1 cm³/mol. The summed E-state index contributed by atoms with van der Waals surface area (Å²) in [4.78, 5) is 24.6. The Balaban J connectivity index is 2.29. The molecule has 2 rings (SSSR count). The van der Waals surface area contributed by atoms with Crippen LogP contribution >= 0.6 is 0 Å². The van der Waals surface area contributed by atoms with Gasteiger partial charge in [-0.15, -0.1) is 0 Å². The monoisotopic (exact) mass is 292 g/mol. The van der Waals surface area contributed by atoms with Crippen molar-refractivity contribution >= 4 is 17.5 Å². The summed E-state index contributed by atoms with van der Waals surface area (Å²) in [5.74, 6) is -0.684. The smallest absolute Gasteiger partial charge is 0.278 e. The van der Waals surface area contributed by atoms with Crippen LogP contribution < -0.4 is 15.4 Å². The predicted octanol–water partition coefficient (Wildman–Crippen LogP) is 0.972. The first-order valence-corrected chi connectivity index (χ1v) is 6.72. The van der Waals surface area contributed by atoms with E-state index in [1.54, 1.807) is 26.0 Å². The van der Waals surface area contributed by atoms with Crippen molar-refractivity contribution in [2.75, 3.05) is 11.9 Å². The second-order valence-corrected chi connectivity index (χ2v) is 6.09. The van der Waals surface area contributed by atoms with E-state index in [0.29, 0.717) is 11.4 Å². The molecule has 0 aromatic heterocycles. The molecule has 1 aromatic carbocycles. The summed E-state index contributed by atoms with van der Waals surface area (Å²) in [7, 11) is 0. The Hall–Kier alpha value is -2.08. The Labute approximate surface area is 123 Å². The molecule has 114 valence electrons. The highest BCUT2D eigenvalue weighted by Crippen LogP contribution is 2.34. The number of amides is 2. The van der Waals surface area contributed by atoms with Gasteiger partial charge in [-0.3, -0.25) is 9.59 Å². The first kappa shape index (κ1) is 15.3. The third kappa shape index (κ3) is 2.85. The Morgan fingerprint density at radius 2 is 2.14 bits per heavy atom. The minimum absolute atomic E-state index is 0.244. The van der Waals surface area contributed by atoms with Gasteiger partial charge in [0.25, 0.3) is 17.4 Å². The van der Waals surface area contributed by atoms with Gasteiger partial charge in [-0.25, -0.2) is 0 Å². The maximum atomic E-state index is 12.4. The van der Waals surface area contributed by atoms with E-state index in [4.69, 9.17) is 4.74 Å². The molecular weight excluding hydrogens is 272 g/mol. The average Bonchev–Trinajstić information content (AvgIpc) is 2.40. The SMILES string of the molecule is Cc1ccc2c(c1)NC(=O)C(C)(C(=O)NC(C)(C)CO)O2. The summed E-state index contributed by atoms with van der Waals surface area (Å²) in [6, 6.07) is 5.33. The lowest BCUT2D eigenvalue weighted by Gasteiger charge is -2.36. The number of hydrogen-bond acceptors (Lipinski definition) is 4. The standard InChI is InChI=1S/C15H20N2O4/c1-9-5-6-11-10(7-9)16-12(19)15(4,21-11)13(20)17-14(2,3)8-18/h5-7,18H,8H2,1-4H3,(H,16,19)(H,17,20). The highest BCUT2D eigenvalue weighted by molar-refractivity contribution is 6.15. The summed E-state index contributed by atoms with van der Waals surface area (Å²) >= 11 is 0. The van der Waals surface area contributed by atoms with Crippen molar-refractivity contribution in [3.8, 4) is 5.75 Å². The first-order valence-electron chi connectivity index (χ1n) is 6.72. The van der Waals surface area contributed by atoms with E-state index < -0.39 is 23.0 Å². The van der Waals surface area contributed by atoms with E-state index in [-0.39, 0.29) is 6.61 Å². The van der Waals surface area contributed by atoms with Crippen LogP contribution in [0, 0.1) is 6.92 Å². The van der Waals surface area contributed by atoms with E-state index in [9.17, 15) is 14.7 Å². The van der Waals surface area contributed by atoms with Crippen LogP contribution in [-0.4, -0.2) is 34.7 Å².